The molecular formula is C17H22N4O. The number of hydrogen-bond donors (Lipinski definition) is 0. The zero-order chi connectivity index (χ0) is 15.5. The lowest BCUT2D eigenvalue weighted by Gasteiger charge is -2.25. The third-order valence-corrected chi connectivity index (χ3v) is 4.10. The summed E-state index contributed by atoms with van der Waals surface area (Å²) in [5, 5.41) is 4.37. The number of aromatic nitrogens is 2. The van der Waals surface area contributed by atoms with Gasteiger partial charge in [0.05, 0.1) is 18.2 Å². The molecule has 0 bridgehead atoms. The minimum absolute atomic E-state index is 0.0557. The van der Waals surface area contributed by atoms with E-state index in [9.17, 15) is 4.79 Å². The highest BCUT2D eigenvalue weighted by molar-refractivity contribution is 5.78. The van der Waals surface area contributed by atoms with Gasteiger partial charge in [0.15, 0.2) is 0 Å². The minimum atomic E-state index is -0.0557. The molecule has 116 valence electrons. The summed E-state index contributed by atoms with van der Waals surface area (Å²) < 4.78 is 1.97. The predicted octanol–water partition coefficient (Wildman–Crippen LogP) is 1.60. The largest absolute Gasteiger partial charge is 0.348 e. The molecule has 1 aliphatic heterocycles. The van der Waals surface area contributed by atoms with Crippen molar-refractivity contribution < 1.29 is 4.79 Å². The van der Waals surface area contributed by atoms with Gasteiger partial charge in [-0.25, -0.2) is 0 Å². The summed E-state index contributed by atoms with van der Waals surface area (Å²) in [7, 11) is 3.64. The standard InChI is InChI=1S/C17H22N4O/c1-19(2)17(22)15-11-20(10-14-6-4-3-5-7-14)13-16-8-9-18-21(16)12-15/h3-9,15H,10-13H2,1-2H3/t15-/m0/s1. The molecule has 1 aromatic heterocycles. The van der Waals surface area contributed by atoms with Crippen LogP contribution < -0.4 is 0 Å². The maximum absolute atomic E-state index is 12.4. The van der Waals surface area contributed by atoms with E-state index in [1.807, 2.05) is 37.1 Å². The molecule has 5 heteroatoms. The van der Waals surface area contributed by atoms with Gasteiger partial charge in [-0.05, 0) is 11.6 Å². The first kappa shape index (κ1) is 14.8. The fraction of sp³-hybridized carbons (Fsp3) is 0.412. The Balaban J connectivity index is 1.82. The van der Waals surface area contributed by atoms with Crippen molar-refractivity contribution in [3.05, 3.63) is 53.9 Å². The fourth-order valence-corrected chi connectivity index (χ4v) is 3.01. The second kappa shape index (κ2) is 6.32. The number of amides is 1. The third-order valence-electron chi connectivity index (χ3n) is 4.10. The van der Waals surface area contributed by atoms with Gasteiger partial charge >= 0.3 is 0 Å². The van der Waals surface area contributed by atoms with E-state index in [2.05, 4.69) is 34.3 Å². The molecule has 1 aromatic carbocycles. The van der Waals surface area contributed by atoms with E-state index in [-0.39, 0.29) is 11.8 Å². The molecule has 0 aliphatic carbocycles. The first-order valence-corrected chi connectivity index (χ1v) is 7.61. The predicted molar refractivity (Wildman–Crippen MR) is 85.0 cm³/mol. The Morgan fingerprint density at radius 2 is 2.00 bits per heavy atom. The number of hydrogen-bond acceptors (Lipinski definition) is 3. The van der Waals surface area contributed by atoms with Crippen LogP contribution in [0.3, 0.4) is 0 Å². The van der Waals surface area contributed by atoms with Crippen LogP contribution in [-0.4, -0.2) is 46.1 Å². The van der Waals surface area contributed by atoms with Crippen molar-refractivity contribution in [1.29, 1.82) is 0 Å². The summed E-state index contributed by atoms with van der Waals surface area (Å²) >= 11 is 0. The molecule has 0 fully saturated rings. The van der Waals surface area contributed by atoms with Crippen LogP contribution in [0.4, 0.5) is 0 Å². The second-order valence-corrected chi connectivity index (χ2v) is 6.09. The molecule has 0 saturated heterocycles. The molecule has 5 nitrogen and oxygen atoms in total. The van der Waals surface area contributed by atoms with E-state index < -0.39 is 0 Å². The lowest BCUT2D eigenvalue weighted by molar-refractivity contribution is -0.134. The van der Waals surface area contributed by atoms with Crippen molar-refractivity contribution in [3.63, 3.8) is 0 Å². The maximum Gasteiger partial charge on any atom is 0.228 e. The average molecular weight is 298 g/mol. The molecule has 2 heterocycles. The molecule has 0 unspecified atom stereocenters. The van der Waals surface area contributed by atoms with E-state index in [0.717, 1.165) is 19.6 Å². The third kappa shape index (κ3) is 3.20. The Bertz CT molecular complexity index is 635. The molecule has 3 rings (SSSR count). The summed E-state index contributed by atoms with van der Waals surface area (Å²) in [4.78, 5) is 16.5. The highest BCUT2D eigenvalue weighted by Gasteiger charge is 2.28. The minimum Gasteiger partial charge on any atom is -0.348 e. The van der Waals surface area contributed by atoms with Crippen molar-refractivity contribution >= 4 is 5.91 Å². The monoisotopic (exact) mass is 298 g/mol. The number of benzene rings is 1. The van der Waals surface area contributed by atoms with Crippen LogP contribution in [0.15, 0.2) is 42.6 Å². The first-order valence-electron chi connectivity index (χ1n) is 7.61. The summed E-state index contributed by atoms with van der Waals surface area (Å²) in [6.45, 7) is 3.09. The van der Waals surface area contributed by atoms with E-state index in [0.29, 0.717) is 6.54 Å². The van der Waals surface area contributed by atoms with Crippen molar-refractivity contribution in [2.24, 2.45) is 5.92 Å². The molecule has 22 heavy (non-hydrogen) atoms. The van der Waals surface area contributed by atoms with Crippen LogP contribution in [-0.2, 0) is 24.4 Å². The van der Waals surface area contributed by atoms with Gasteiger partial charge in [0.1, 0.15) is 0 Å². The fourth-order valence-electron chi connectivity index (χ4n) is 3.01. The maximum atomic E-state index is 12.4. The SMILES string of the molecule is CN(C)C(=O)[C@H]1CN(Cc2ccccc2)Cc2ccnn2C1. The molecule has 0 N–H and O–H groups in total. The topological polar surface area (TPSA) is 41.4 Å². The molecule has 1 aliphatic rings. The lowest BCUT2D eigenvalue weighted by atomic mass is 10.1. The summed E-state index contributed by atoms with van der Waals surface area (Å²) in [5.74, 6) is 0.112. The van der Waals surface area contributed by atoms with Crippen molar-refractivity contribution in [3.8, 4) is 0 Å². The van der Waals surface area contributed by atoms with Gasteiger partial charge in [-0.3, -0.25) is 14.4 Å². The van der Waals surface area contributed by atoms with Crippen LogP contribution in [0.2, 0.25) is 0 Å². The average Bonchev–Trinajstić information content (AvgIpc) is 2.86. The van der Waals surface area contributed by atoms with Gasteiger partial charge in [0.2, 0.25) is 5.91 Å². The van der Waals surface area contributed by atoms with Crippen LogP contribution in [0.1, 0.15) is 11.3 Å². The smallest absolute Gasteiger partial charge is 0.228 e. The molecular weight excluding hydrogens is 276 g/mol. The Morgan fingerprint density at radius 3 is 2.73 bits per heavy atom. The van der Waals surface area contributed by atoms with Gasteiger partial charge in [-0.2, -0.15) is 5.10 Å². The highest BCUT2D eigenvalue weighted by atomic mass is 16.2. The van der Waals surface area contributed by atoms with E-state index >= 15 is 0 Å². The zero-order valence-electron chi connectivity index (χ0n) is 13.1. The number of nitrogens with zero attached hydrogens (tertiary/aromatic N) is 4. The first-order chi connectivity index (χ1) is 10.6. The molecule has 2 aromatic rings. The van der Waals surface area contributed by atoms with Crippen molar-refractivity contribution in [2.45, 2.75) is 19.6 Å². The Hall–Kier alpha value is -2.14. The highest BCUT2D eigenvalue weighted by Crippen LogP contribution is 2.19. The van der Waals surface area contributed by atoms with Gasteiger partial charge in [0, 0.05) is 39.9 Å². The van der Waals surface area contributed by atoms with Gasteiger partial charge in [-0.15, -0.1) is 0 Å². The summed E-state index contributed by atoms with van der Waals surface area (Å²) in [6.07, 6.45) is 1.82. The number of rotatable bonds is 3. The molecule has 0 spiro atoms. The normalized spacial score (nSPS) is 18.5. The van der Waals surface area contributed by atoms with E-state index in [4.69, 9.17) is 0 Å². The van der Waals surface area contributed by atoms with Crippen LogP contribution in [0.25, 0.3) is 0 Å². The van der Waals surface area contributed by atoms with Crippen LogP contribution in [0.5, 0.6) is 0 Å². The zero-order valence-corrected chi connectivity index (χ0v) is 13.1. The number of carbonyl (C=O) groups is 1. The number of carbonyl (C=O) groups excluding carboxylic acids is 1. The Labute approximate surface area is 131 Å². The van der Waals surface area contributed by atoms with Crippen LogP contribution in [0, 0.1) is 5.92 Å². The Kier molecular flexibility index (Phi) is 4.24. The van der Waals surface area contributed by atoms with E-state index in [1.54, 1.807) is 4.90 Å². The molecule has 1 atom stereocenters. The van der Waals surface area contributed by atoms with Gasteiger partial charge in [-0.1, -0.05) is 30.3 Å². The van der Waals surface area contributed by atoms with Crippen LogP contribution >= 0.6 is 0 Å². The molecule has 0 saturated carbocycles. The second-order valence-electron chi connectivity index (χ2n) is 6.09. The van der Waals surface area contributed by atoms with E-state index in [1.165, 1.54) is 11.3 Å². The van der Waals surface area contributed by atoms with Crippen molar-refractivity contribution in [1.82, 2.24) is 19.6 Å². The van der Waals surface area contributed by atoms with Gasteiger partial charge < -0.3 is 4.90 Å². The lowest BCUT2D eigenvalue weighted by Crippen LogP contribution is -2.38. The van der Waals surface area contributed by atoms with Gasteiger partial charge in [0.25, 0.3) is 0 Å². The quantitative estimate of drug-likeness (QED) is 0.864. The summed E-state index contributed by atoms with van der Waals surface area (Å²) in [5.41, 5.74) is 2.44. The van der Waals surface area contributed by atoms with Crippen molar-refractivity contribution in [2.75, 3.05) is 20.6 Å². The number of fused-ring (bicyclic) bond motifs is 1. The Morgan fingerprint density at radius 1 is 1.23 bits per heavy atom. The molecule has 0 radical (unpaired) electrons. The molecule has 1 amide bonds. The summed E-state index contributed by atoms with van der Waals surface area (Å²) in [6, 6.07) is 12.4.